The lowest BCUT2D eigenvalue weighted by molar-refractivity contribution is 0.102. The number of piperidine rings is 1. The lowest BCUT2D eigenvalue weighted by atomic mass is 9.98. The van der Waals surface area contributed by atoms with E-state index in [4.69, 9.17) is 4.42 Å². The quantitative estimate of drug-likeness (QED) is 0.914. The fourth-order valence-corrected chi connectivity index (χ4v) is 2.89. The van der Waals surface area contributed by atoms with Crippen LogP contribution < -0.4 is 10.6 Å². The van der Waals surface area contributed by atoms with Gasteiger partial charge >= 0.3 is 0 Å². The van der Waals surface area contributed by atoms with Crippen LogP contribution in [0.5, 0.6) is 0 Å². The van der Waals surface area contributed by atoms with Gasteiger partial charge in [-0.3, -0.25) is 4.79 Å². The predicted molar refractivity (Wildman–Crippen MR) is 85.2 cm³/mol. The standard InChI is InChI=1S/C17H21N3O2/c1-11-7-12(2)9-14(8-11)19-16(21)15-10-22-17(20-15)13-3-5-18-6-4-13/h7-10,13,18H,3-6H2,1-2H3,(H,19,21). The number of amides is 1. The summed E-state index contributed by atoms with van der Waals surface area (Å²) in [5, 5.41) is 6.19. The van der Waals surface area contributed by atoms with Gasteiger partial charge in [0.05, 0.1) is 0 Å². The molecule has 0 atom stereocenters. The Morgan fingerprint density at radius 1 is 1.23 bits per heavy atom. The second-order valence-electron chi connectivity index (χ2n) is 5.93. The molecule has 0 bridgehead atoms. The van der Waals surface area contributed by atoms with Gasteiger partial charge in [0.25, 0.3) is 5.91 Å². The molecule has 5 nitrogen and oxygen atoms in total. The highest BCUT2D eigenvalue weighted by molar-refractivity contribution is 6.02. The molecule has 1 aromatic carbocycles. The molecule has 1 aromatic heterocycles. The highest BCUT2D eigenvalue weighted by Gasteiger charge is 2.22. The summed E-state index contributed by atoms with van der Waals surface area (Å²) in [7, 11) is 0. The van der Waals surface area contributed by atoms with Crippen molar-refractivity contribution in [2.24, 2.45) is 0 Å². The lowest BCUT2D eigenvalue weighted by Crippen LogP contribution is -2.26. The van der Waals surface area contributed by atoms with E-state index in [-0.39, 0.29) is 5.91 Å². The number of aromatic nitrogens is 1. The molecule has 1 aliphatic rings. The third kappa shape index (κ3) is 3.36. The number of anilines is 1. The first kappa shape index (κ1) is 14.8. The van der Waals surface area contributed by atoms with Gasteiger partial charge in [0.15, 0.2) is 11.6 Å². The average Bonchev–Trinajstić information content (AvgIpc) is 2.97. The van der Waals surface area contributed by atoms with Gasteiger partial charge in [0.2, 0.25) is 0 Å². The summed E-state index contributed by atoms with van der Waals surface area (Å²) in [5.74, 6) is 0.755. The van der Waals surface area contributed by atoms with Crippen LogP contribution in [0.3, 0.4) is 0 Å². The van der Waals surface area contributed by atoms with Gasteiger partial charge in [-0.15, -0.1) is 0 Å². The van der Waals surface area contributed by atoms with E-state index >= 15 is 0 Å². The summed E-state index contributed by atoms with van der Waals surface area (Å²) in [6.45, 7) is 5.95. The Morgan fingerprint density at radius 3 is 2.59 bits per heavy atom. The molecule has 2 heterocycles. The smallest absolute Gasteiger partial charge is 0.277 e. The minimum absolute atomic E-state index is 0.228. The largest absolute Gasteiger partial charge is 0.448 e. The number of carbonyl (C=O) groups is 1. The maximum atomic E-state index is 12.3. The summed E-state index contributed by atoms with van der Waals surface area (Å²) < 4.78 is 5.51. The predicted octanol–water partition coefficient (Wildman–Crippen LogP) is 3.01. The molecule has 0 spiro atoms. The minimum atomic E-state index is -0.228. The van der Waals surface area contributed by atoms with Crippen LogP contribution in [-0.2, 0) is 0 Å². The van der Waals surface area contributed by atoms with E-state index in [1.807, 2.05) is 26.0 Å². The molecule has 1 amide bonds. The van der Waals surface area contributed by atoms with Gasteiger partial charge in [0.1, 0.15) is 6.26 Å². The number of oxazole rings is 1. The van der Waals surface area contributed by atoms with Crippen molar-refractivity contribution in [3.05, 3.63) is 47.2 Å². The first-order valence-corrected chi connectivity index (χ1v) is 7.67. The zero-order valence-corrected chi connectivity index (χ0v) is 13.0. The van der Waals surface area contributed by atoms with E-state index in [1.165, 1.54) is 6.26 Å². The highest BCUT2D eigenvalue weighted by Crippen LogP contribution is 2.24. The molecule has 0 saturated carbocycles. The molecule has 0 unspecified atom stereocenters. The minimum Gasteiger partial charge on any atom is -0.448 e. The Hall–Kier alpha value is -2.14. The van der Waals surface area contributed by atoms with Gasteiger partial charge in [-0.25, -0.2) is 4.98 Å². The van der Waals surface area contributed by atoms with E-state index in [0.717, 1.165) is 42.7 Å². The Morgan fingerprint density at radius 2 is 1.91 bits per heavy atom. The summed E-state index contributed by atoms with van der Waals surface area (Å²) in [5.41, 5.74) is 3.36. The second kappa shape index (κ2) is 6.32. The average molecular weight is 299 g/mol. The molecular weight excluding hydrogens is 278 g/mol. The first-order valence-electron chi connectivity index (χ1n) is 7.67. The number of carbonyl (C=O) groups excluding carboxylic acids is 1. The van der Waals surface area contributed by atoms with Crippen molar-refractivity contribution in [2.45, 2.75) is 32.6 Å². The number of aryl methyl sites for hydroxylation is 2. The molecular formula is C17H21N3O2. The molecule has 1 fully saturated rings. The third-order valence-electron chi connectivity index (χ3n) is 3.92. The van der Waals surface area contributed by atoms with Gasteiger partial charge in [-0.05, 0) is 63.0 Å². The number of rotatable bonds is 3. The Bertz CT molecular complexity index is 652. The van der Waals surface area contributed by atoms with Gasteiger partial charge in [0, 0.05) is 11.6 Å². The number of hydrogen-bond donors (Lipinski definition) is 2. The van der Waals surface area contributed by atoms with E-state index in [2.05, 4.69) is 21.7 Å². The maximum absolute atomic E-state index is 12.3. The Labute approximate surface area is 130 Å². The number of benzene rings is 1. The van der Waals surface area contributed by atoms with Crippen molar-refractivity contribution in [2.75, 3.05) is 18.4 Å². The monoisotopic (exact) mass is 299 g/mol. The van der Waals surface area contributed by atoms with E-state index in [1.54, 1.807) is 0 Å². The number of nitrogens with one attached hydrogen (secondary N) is 2. The zero-order valence-electron chi connectivity index (χ0n) is 13.0. The number of nitrogens with zero attached hydrogens (tertiary/aromatic N) is 1. The van der Waals surface area contributed by atoms with Crippen LogP contribution >= 0.6 is 0 Å². The third-order valence-corrected chi connectivity index (χ3v) is 3.92. The van der Waals surface area contributed by atoms with Crippen molar-refractivity contribution >= 4 is 11.6 Å². The fraction of sp³-hybridized carbons (Fsp3) is 0.412. The summed E-state index contributed by atoms with van der Waals surface area (Å²) in [6, 6.07) is 5.96. The van der Waals surface area contributed by atoms with Crippen LogP contribution in [0.15, 0.2) is 28.9 Å². The van der Waals surface area contributed by atoms with Crippen LogP contribution in [0.1, 0.15) is 46.3 Å². The molecule has 2 aromatic rings. The first-order chi connectivity index (χ1) is 10.6. The molecule has 5 heteroatoms. The summed E-state index contributed by atoms with van der Waals surface area (Å²) >= 11 is 0. The number of hydrogen-bond acceptors (Lipinski definition) is 4. The lowest BCUT2D eigenvalue weighted by Gasteiger charge is -2.19. The van der Waals surface area contributed by atoms with E-state index < -0.39 is 0 Å². The topological polar surface area (TPSA) is 67.2 Å². The van der Waals surface area contributed by atoms with Crippen molar-refractivity contribution in [3.8, 4) is 0 Å². The van der Waals surface area contributed by atoms with Crippen molar-refractivity contribution < 1.29 is 9.21 Å². The SMILES string of the molecule is Cc1cc(C)cc(NC(=O)c2coc(C3CCNCC3)n2)c1. The molecule has 1 aliphatic heterocycles. The Kier molecular flexibility index (Phi) is 4.24. The highest BCUT2D eigenvalue weighted by atomic mass is 16.3. The maximum Gasteiger partial charge on any atom is 0.277 e. The fourth-order valence-electron chi connectivity index (χ4n) is 2.89. The zero-order chi connectivity index (χ0) is 15.5. The van der Waals surface area contributed by atoms with Gasteiger partial charge < -0.3 is 15.1 Å². The normalized spacial score (nSPS) is 15.7. The molecule has 0 aliphatic carbocycles. The summed E-state index contributed by atoms with van der Waals surface area (Å²) in [6.07, 6.45) is 3.45. The van der Waals surface area contributed by atoms with Gasteiger partial charge in [-0.2, -0.15) is 0 Å². The molecule has 1 saturated heterocycles. The van der Waals surface area contributed by atoms with Crippen LogP contribution in [0.2, 0.25) is 0 Å². The summed E-state index contributed by atoms with van der Waals surface area (Å²) in [4.78, 5) is 16.7. The second-order valence-corrected chi connectivity index (χ2v) is 5.93. The van der Waals surface area contributed by atoms with Gasteiger partial charge in [-0.1, -0.05) is 6.07 Å². The Balaban J connectivity index is 1.71. The van der Waals surface area contributed by atoms with Crippen LogP contribution in [-0.4, -0.2) is 24.0 Å². The van der Waals surface area contributed by atoms with Crippen LogP contribution in [0.25, 0.3) is 0 Å². The van der Waals surface area contributed by atoms with E-state index in [0.29, 0.717) is 17.5 Å². The molecule has 2 N–H and O–H groups in total. The molecule has 22 heavy (non-hydrogen) atoms. The molecule has 3 rings (SSSR count). The van der Waals surface area contributed by atoms with E-state index in [9.17, 15) is 4.79 Å². The molecule has 116 valence electrons. The molecule has 0 radical (unpaired) electrons. The van der Waals surface area contributed by atoms with Crippen LogP contribution in [0, 0.1) is 13.8 Å². The van der Waals surface area contributed by atoms with Crippen molar-refractivity contribution in [3.63, 3.8) is 0 Å². The van der Waals surface area contributed by atoms with Crippen LogP contribution in [0.4, 0.5) is 5.69 Å². The van der Waals surface area contributed by atoms with Crippen molar-refractivity contribution in [1.82, 2.24) is 10.3 Å². The van der Waals surface area contributed by atoms with Crippen molar-refractivity contribution in [1.29, 1.82) is 0 Å².